The molecule has 2 atom stereocenters. The number of nitrogens with zero attached hydrogens (tertiary/aromatic N) is 3. The van der Waals surface area contributed by atoms with Gasteiger partial charge in [-0.3, -0.25) is 4.79 Å². The Bertz CT molecular complexity index is 508. The number of hydrogen-bond acceptors (Lipinski definition) is 5. The average molecular weight is 307 g/mol. The molecule has 0 aliphatic carbocycles. The second kappa shape index (κ2) is 6.77. The highest BCUT2D eigenvalue weighted by molar-refractivity contribution is 5.81. The van der Waals surface area contributed by atoms with Gasteiger partial charge in [0.15, 0.2) is 5.82 Å². The molecule has 2 aliphatic heterocycles. The van der Waals surface area contributed by atoms with Crippen LogP contribution >= 0.6 is 0 Å². The smallest absolute Gasteiger partial charge is 0.251 e. The fourth-order valence-corrected chi connectivity index (χ4v) is 3.24. The van der Waals surface area contributed by atoms with Crippen molar-refractivity contribution in [1.29, 1.82) is 0 Å². The van der Waals surface area contributed by atoms with Crippen LogP contribution in [0.4, 0.5) is 0 Å². The van der Waals surface area contributed by atoms with Crippen LogP contribution in [-0.2, 0) is 16.0 Å². The highest BCUT2D eigenvalue weighted by Gasteiger charge is 2.33. The van der Waals surface area contributed by atoms with E-state index in [1.54, 1.807) is 0 Å². The fraction of sp³-hybridized carbons (Fsp3) is 0.812. The summed E-state index contributed by atoms with van der Waals surface area (Å²) in [4.78, 5) is 18.9. The summed E-state index contributed by atoms with van der Waals surface area (Å²) in [6, 6.07) is 0. The maximum absolute atomic E-state index is 12.5. The van der Waals surface area contributed by atoms with Gasteiger partial charge >= 0.3 is 0 Å². The van der Waals surface area contributed by atoms with Crippen molar-refractivity contribution < 1.29 is 14.1 Å². The molecule has 1 aromatic rings. The van der Waals surface area contributed by atoms with E-state index in [-0.39, 0.29) is 17.9 Å². The molecule has 6 heteroatoms. The Morgan fingerprint density at radius 1 is 1.36 bits per heavy atom. The third-order valence-corrected chi connectivity index (χ3v) is 4.36. The molecule has 1 aromatic heterocycles. The average Bonchev–Trinajstić information content (AvgIpc) is 3.17. The molecule has 2 aliphatic rings. The van der Waals surface area contributed by atoms with Crippen LogP contribution in [0.2, 0.25) is 0 Å². The highest BCUT2D eigenvalue weighted by Crippen LogP contribution is 2.27. The normalized spacial score (nSPS) is 25.9. The van der Waals surface area contributed by atoms with Crippen molar-refractivity contribution in [1.82, 2.24) is 15.0 Å². The Morgan fingerprint density at radius 2 is 2.23 bits per heavy atom. The lowest BCUT2D eigenvalue weighted by molar-refractivity contribution is -0.142. The van der Waals surface area contributed by atoms with E-state index < -0.39 is 0 Å². The minimum Gasteiger partial charge on any atom is -0.368 e. The van der Waals surface area contributed by atoms with Crippen molar-refractivity contribution in [3.05, 3.63) is 11.7 Å². The van der Waals surface area contributed by atoms with Gasteiger partial charge in [-0.2, -0.15) is 4.98 Å². The summed E-state index contributed by atoms with van der Waals surface area (Å²) in [5.74, 6) is 2.25. The molecule has 3 rings (SSSR count). The van der Waals surface area contributed by atoms with Gasteiger partial charge in [0.05, 0.1) is 5.92 Å². The van der Waals surface area contributed by atoms with Gasteiger partial charge in [0.1, 0.15) is 6.10 Å². The van der Waals surface area contributed by atoms with Gasteiger partial charge in [-0.25, -0.2) is 0 Å². The van der Waals surface area contributed by atoms with Crippen molar-refractivity contribution in [2.45, 2.75) is 58.0 Å². The fourth-order valence-electron chi connectivity index (χ4n) is 3.24. The monoisotopic (exact) mass is 307 g/mol. The minimum atomic E-state index is -0.238. The van der Waals surface area contributed by atoms with Gasteiger partial charge in [0.25, 0.3) is 5.91 Å². The molecule has 0 radical (unpaired) electrons. The Balaban J connectivity index is 1.62. The molecule has 3 heterocycles. The number of piperidine rings is 1. The molecule has 122 valence electrons. The maximum atomic E-state index is 12.5. The van der Waals surface area contributed by atoms with E-state index in [1.807, 2.05) is 4.90 Å². The van der Waals surface area contributed by atoms with E-state index in [9.17, 15) is 4.79 Å². The van der Waals surface area contributed by atoms with E-state index in [2.05, 4.69) is 24.0 Å². The predicted octanol–water partition coefficient (Wildman–Crippen LogP) is 2.15. The summed E-state index contributed by atoms with van der Waals surface area (Å²) in [5, 5.41) is 4.06. The topological polar surface area (TPSA) is 68.5 Å². The molecule has 22 heavy (non-hydrogen) atoms. The van der Waals surface area contributed by atoms with Crippen LogP contribution in [0.25, 0.3) is 0 Å². The lowest BCUT2D eigenvalue weighted by Crippen LogP contribution is -2.44. The summed E-state index contributed by atoms with van der Waals surface area (Å²) < 4.78 is 10.9. The Kier molecular flexibility index (Phi) is 4.76. The summed E-state index contributed by atoms with van der Waals surface area (Å²) in [6.07, 6.45) is 4.39. The van der Waals surface area contributed by atoms with E-state index >= 15 is 0 Å². The number of rotatable bonds is 4. The van der Waals surface area contributed by atoms with Crippen LogP contribution in [0, 0.1) is 5.92 Å². The molecule has 2 saturated heterocycles. The van der Waals surface area contributed by atoms with Crippen LogP contribution in [-0.4, -0.2) is 46.7 Å². The van der Waals surface area contributed by atoms with E-state index in [0.717, 1.165) is 44.5 Å². The van der Waals surface area contributed by atoms with Crippen LogP contribution in [0.5, 0.6) is 0 Å². The molecule has 0 unspecified atom stereocenters. The Hall–Kier alpha value is -1.43. The van der Waals surface area contributed by atoms with Crippen LogP contribution in [0.3, 0.4) is 0 Å². The molecule has 0 N–H and O–H groups in total. The highest BCUT2D eigenvalue weighted by atomic mass is 16.5. The van der Waals surface area contributed by atoms with Crippen molar-refractivity contribution in [3.8, 4) is 0 Å². The summed E-state index contributed by atoms with van der Waals surface area (Å²) in [6.45, 7) is 6.46. The predicted molar refractivity (Wildman–Crippen MR) is 80.4 cm³/mol. The summed E-state index contributed by atoms with van der Waals surface area (Å²) in [5.41, 5.74) is 0. The van der Waals surface area contributed by atoms with Gasteiger partial charge in [-0.1, -0.05) is 19.0 Å². The molecule has 6 nitrogen and oxygen atoms in total. The maximum Gasteiger partial charge on any atom is 0.251 e. The molecule has 0 saturated carbocycles. The molecule has 0 bridgehead atoms. The lowest BCUT2D eigenvalue weighted by atomic mass is 9.97. The second-order valence-corrected chi connectivity index (χ2v) is 6.77. The Morgan fingerprint density at radius 3 is 2.95 bits per heavy atom. The van der Waals surface area contributed by atoms with Crippen LogP contribution in [0.15, 0.2) is 4.52 Å². The molecule has 2 fully saturated rings. The van der Waals surface area contributed by atoms with Gasteiger partial charge < -0.3 is 14.2 Å². The first-order chi connectivity index (χ1) is 10.6. The second-order valence-electron chi connectivity index (χ2n) is 6.77. The first-order valence-corrected chi connectivity index (χ1v) is 8.36. The zero-order valence-electron chi connectivity index (χ0n) is 13.5. The zero-order valence-corrected chi connectivity index (χ0v) is 13.5. The minimum absolute atomic E-state index is 0.129. The zero-order chi connectivity index (χ0) is 15.5. The van der Waals surface area contributed by atoms with E-state index in [0.29, 0.717) is 25.0 Å². The lowest BCUT2D eigenvalue weighted by Gasteiger charge is -2.32. The molecular weight excluding hydrogens is 282 g/mol. The number of carbonyl (C=O) groups is 1. The SMILES string of the molecule is CC(C)Cc1noc([C@@H]2CCCN(C(=O)[C@H]3CCCO3)C2)n1. The number of ether oxygens (including phenoxy) is 1. The van der Waals surface area contributed by atoms with Gasteiger partial charge in [0.2, 0.25) is 5.89 Å². The number of amides is 1. The largest absolute Gasteiger partial charge is 0.368 e. The first kappa shape index (κ1) is 15.5. The van der Waals surface area contributed by atoms with Gasteiger partial charge in [0, 0.05) is 26.1 Å². The third-order valence-electron chi connectivity index (χ3n) is 4.36. The Labute approximate surface area is 131 Å². The van der Waals surface area contributed by atoms with Gasteiger partial charge in [-0.05, 0) is 31.6 Å². The summed E-state index contributed by atoms with van der Waals surface area (Å²) in [7, 11) is 0. The van der Waals surface area contributed by atoms with E-state index in [1.165, 1.54) is 0 Å². The number of hydrogen-bond donors (Lipinski definition) is 0. The quantitative estimate of drug-likeness (QED) is 0.852. The van der Waals surface area contributed by atoms with Crippen molar-refractivity contribution >= 4 is 5.91 Å². The molecular formula is C16H25N3O3. The first-order valence-electron chi connectivity index (χ1n) is 8.36. The van der Waals surface area contributed by atoms with Crippen molar-refractivity contribution in [2.75, 3.05) is 19.7 Å². The molecule has 0 aromatic carbocycles. The molecule has 1 amide bonds. The van der Waals surface area contributed by atoms with Crippen LogP contribution in [0.1, 0.15) is 57.2 Å². The summed E-state index contributed by atoms with van der Waals surface area (Å²) >= 11 is 0. The van der Waals surface area contributed by atoms with E-state index in [4.69, 9.17) is 9.26 Å². The van der Waals surface area contributed by atoms with Gasteiger partial charge in [-0.15, -0.1) is 0 Å². The standard InChI is InChI=1S/C16H25N3O3/c1-11(2)9-14-17-15(22-18-14)12-5-3-7-19(10-12)16(20)13-6-4-8-21-13/h11-13H,3-10H2,1-2H3/t12-,13-/m1/s1. The number of carbonyl (C=O) groups excluding carboxylic acids is 1. The van der Waals surface area contributed by atoms with Crippen LogP contribution < -0.4 is 0 Å². The molecule has 0 spiro atoms. The van der Waals surface area contributed by atoms with Crippen molar-refractivity contribution in [2.24, 2.45) is 5.92 Å². The van der Waals surface area contributed by atoms with Crippen molar-refractivity contribution in [3.63, 3.8) is 0 Å². The number of aromatic nitrogens is 2. The number of likely N-dealkylation sites (tertiary alicyclic amines) is 1. The third kappa shape index (κ3) is 3.48.